The van der Waals surface area contributed by atoms with Crippen molar-refractivity contribution in [3.8, 4) is 10.6 Å². The lowest BCUT2D eigenvalue weighted by Gasteiger charge is -2.44. The molecule has 34 heavy (non-hydrogen) atoms. The number of carbonyl (C=O) groups excluding carboxylic acids is 1. The first-order valence-electron chi connectivity index (χ1n) is 12.0. The van der Waals surface area contributed by atoms with Gasteiger partial charge in [0.25, 0.3) is 5.92 Å². The van der Waals surface area contributed by atoms with E-state index in [9.17, 15) is 13.6 Å². The normalized spacial score (nSPS) is 19.1. The molecular formula is C25H30F2N4OS2. The molecule has 182 valence electrons. The summed E-state index contributed by atoms with van der Waals surface area (Å²) in [4.78, 5) is 21.0. The number of halogens is 2. The van der Waals surface area contributed by atoms with Crippen molar-refractivity contribution in [1.82, 2.24) is 15.2 Å². The molecule has 2 aromatic heterocycles. The Bertz CT molecular complexity index is 1150. The number of hydrogen-bond donors (Lipinski definition) is 2. The lowest BCUT2D eigenvalue weighted by atomic mass is 9.85. The van der Waals surface area contributed by atoms with E-state index >= 15 is 0 Å². The lowest BCUT2D eigenvalue weighted by Crippen LogP contribution is -2.51. The molecular weight excluding hydrogens is 474 g/mol. The zero-order valence-corrected chi connectivity index (χ0v) is 21.1. The molecule has 0 unspecified atom stereocenters. The van der Waals surface area contributed by atoms with E-state index in [0.717, 1.165) is 50.1 Å². The van der Waals surface area contributed by atoms with Gasteiger partial charge in [0.2, 0.25) is 5.91 Å². The van der Waals surface area contributed by atoms with Crippen molar-refractivity contribution in [2.24, 2.45) is 0 Å². The molecule has 5 nitrogen and oxygen atoms in total. The van der Waals surface area contributed by atoms with Crippen LogP contribution in [-0.4, -0.2) is 46.9 Å². The Balaban J connectivity index is 1.40. The molecule has 0 bridgehead atoms. The fourth-order valence-corrected chi connectivity index (χ4v) is 7.08. The molecule has 0 spiro atoms. The van der Waals surface area contributed by atoms with Crippen LogP contribution < -0.4 is 10.6 Å². The minimum absolute atomic E-state index is 0.0211. The number of hydrogen-bond acceptors (Lipinski definition) is 6. The van der Waals surface area contributed by atoms with E-state index in [0.29, 0.717) is 25.6 Å². The Hall–Kier alpha value is -1.94. The predicted molar refractivity (Wildman–Crippen MR) is 136 cm³/mol. The van der Waals surface area contributed by atoms with E-state index in [-0.39, 0.29) is 24.8 Å². The third kappa shape index (κ3) is 4.89. The largest absolute Gasteiger partial charge is 0.317 e. The number of thiazole rings is 1. The number of amides is 1. The molecule has 1 saturated carbocycles. The van der Waals surface area contributed by atoms with Gasteiger partial charge in [0, 0.05) is 61.4 Å². The summed E-state index contributed by atoms with van der Waals surface area (Å²) in [5.74, 6) is -2.54. The molecule has 0 saturated heterocycles. The Morgan fingerprint density at radius 3 is 2.82 bits per heavy atom. The van der Waals surface area contributed by atoms with Crippen LogP contribution in [0.2, 0.25) is 0 Å². The van der Waals surface area contributed by atoms with Crippen molar-refractivity contribution in [2.75, 3.05) is 18.4 Å². The average Bonchev–Trinajstić information content (AvgIpc) is 3.37. The summed E-state index contributed by atoms with van der Waals surface area (Å²) in [6.45, 7) is 6.27. The maximum atomic E-state index is 13.5. The first kappa shape index (κ1) is 23.8. The number of aromatic nitrogens is 1. The molecule has 1 aliphatic carbocycles. The van der Waals surface area contributed by atoms with Crippen LogP contribution >= 0.6 is 22.7 Å². The van der Waals surface area contributed by atoms with Crippen molar-refractivity contribution >= 4 is 43.8 Å². The SMILES string of the molecule is CC[C@H](C)NCCC(=O)Nc1sc2c(c1-c1nc3ccccc3s1)CCN(C1CC(F)(F)C1)C2. The molecule has 5 rings (SSSR count). The van der Waals surface area contributed by atoms with Crippen LogP contribution in [0.3, 0.4) is 0 Å². The first-order chi connectivity index (χ1) is 16.3. The van der Waals surface area contributed by atoms with Crippen LogP contribution in [0, 0.1) is 0 Å². The Morgan fingerprint density at radius 1 is 1.29 bits per heavy atom. The van der Waals surface area contributed by atoms with Crippen molar-refractivity contribution in [3.05, 3.63) is 34.7 Å². The van der Waals surface area contributed by atoms with Gasteiger partial charge in [-0.1, -0.05) is 19.1 Å². The Morgan fingerprint density at radius 2 is 2.09 bits per heavy atom. The van der Waals surface area contributed by atoms with Crippen LogP contribution in [0.25, 0.3) is 20.8 Å². The minimum Gasteiger partial charge on any atom is -0.317 e. The summed E-state index contributed by atoms with van der Waals surface area (Å²) in [6.07, 6.45) is 2.10. The number of benzene rings is 1. The van der Waals surface area contributed by atoms with Crippen molar-refractivity contribution in [3.63, 3.8) is 0 Å². The average molecular weight is 505 g/mol. The number of rotatable bonds is 8. The van der Waals surface area contributed by atoms with Crippen molar-refractivity contribution < 1.29 is 13.6 Å². The summed E-state index contributed by atoms with van der Waals surface area (Å²) in [7, 11) is 0. The van der Waals surface area contributed by atoms with Crippen LogP contribution in [-0.2, 0) is 17.8 Å². The zero-order valence-electron chi connectivity index (χ0n) is 19.5. The number of anilines is 1. The molecule has 3 heterocycles. The second-order valence-corrected chi connectivity index (χ2v) is 11.5. The Kier molecular flexibility index (Phi) is 6.72. The summed E-state index contributed by atoms with van der Waals surface area (Å²) in [6, 6.07) is 8.38. The Labute approximate surface area is 206 Å². The number of nitrogens with one attached hydrogen (secondary N) is 2. The molecule has 9 heteroatoms. The highest BCUT2D eigenvalue weighted by molar-refractivity contribution is 7.22. The van der Waals surface area contributed by atoms with E-state index in [1.165, 1.54) is 5.56 Å². The molecule has 1 fully saturated rings. The van der Waals surface area contributed by atoms with Gasteiger partial charge >= 0.3 is 0 Å². The standard InChI is InChI=1S/C25H30F2N4OS2/c1-3-15(2)28-10-8-21(32)30-24-22(23-29-18-6-4-5-7-19(18)33-23)17-9-11-31(14-20(17)34-24)16-12-25(26,27)13-16/h4-7,15-16,28H,3,8-14H2,1-2H3,(H,30,32)/t15-/m0/s1. The highest BCUT2D eigenvalue weighted by atomic mass is 32.1. The summed E-state index contributed by atoms with van der Waals surface area (Å²) in [5, 5.41) is 8.26. The topological polar surface area (TPSA) is 57.3 Å². The molecule has 2 N–H and O–H groups in total. The van der Waals surface area contributed by atoms with Gasteiger partial charge in [-0.2, -0.15) is 0 Å². The highest BCUT2D eigenvalue weighted by Crippen LogP contribution is 2.48. The smallest absolute Gasteiger partial charge is 0.251 e. The highest BCUT2D eigenvalue weighted by Gasteiger charge is 2.48. The van der Waals surface area contributed by atoms with E-state index in [2.05, 4.69) is 35.4 Å². The van der Waals surface area contributed by atoms with E-state index < -0.39 is 5.92 Å². The van der Waals surface area contributed by atoms with Crippen molar-refractivity contribution in [1.29, 1.82) is 0 Å². The number of nitrogens with zero attached hydrogens (tertiary/aromatic N) is 2. The zero-order chi connectivity index (χ0) is 23.9. The second-order valence-electron chi connectivity index (χ2n) is 9.39. The monoisotopic (exact) mass is 504 g/mol. The predicted octanol–water partition coefficient (Wildman–Crippen LogP) is 5.90. The van der Waals surface area contributed by atoms with Gasteiger partial charge in [0.05, 0.1) is 10.2 Å². The van der Waals surface area contributed by atoms with Gasteiger partial charge in [0.15, 0.2) is 0 Å². The van der Waals surface area contributed by atoms with Crippen molar-refractivity contribution in [2.45, 2.75) is 70.5 Å². The van der Waals surface area contributed by atoms with E-state index in [1.807, 2.05) is 18.2 Å². The van der Waals surface area contributed by atoms with Gasteiger partial charge in [-0.3, -0.25) is 9.69 Å². The second kappa shape index (κ2) is 9.60. The number of carbonyl (C=O) groups is 1. The maximum absolute atomic E-state index is 13.5. The van der Waals surface area contributed by atoms with E-state index in [1.54, 1.807) is 22.7 Å². The van der Waals surface area contributed by atoms with Crippen LogP contribution in [0.4, 0.5) is 13.8 Å². The maximum Gasteiger partial charge on any atom is 0.251 e. The van der Waals surface area contributed by atoms with Crippen LogP contribution in [0.1, 0.15) is 50.0 Å². The molecule has 0 radical (unpaired) electrons. The first-order valence-corrected chi connectivity index (χ1v) is 13.6. The molecule has 1 amide bonds. The van der Waals surface area contributed by atoms with Gasteiger partial charge in [-0.15, -0.1) is 22.7 Å². The molecule has 2 aliphatic rings. The van der Waals surface area contributed by atoms with Gasteiger partial charge < -0.3 is 10.6 Å². The number of thiophene rings is 1. The van der Waals surface area contributed by atoms with Gasteiger partial charge in [-0.25, -0.2) is 13.8 Å². The minimum atomic E-state index is -2.52. The van der Waals surface area contributed by atoms with Gasteiger partial charge in [0.1, 0.15) is 10.0 Å². The fraction of sp³-hybridized carbons (Fsp3) is 0.520. The molecule has 1 aromatic carbocycles. The van der Waals surface area contributed by atoms with Crippen LogP contribution in [0.5, 0.6) is 0 Å². The van der Waals surface area contributed by atoms with E-state index in [4.69, 9.17) is 4.98 Å². The molecule has 3 aromatic rings. The molecule has 1 aliphatic heterocycles. The van der Waals surface area contributed by atoms with Crippen LogP contribution in [0.15, 0.2) is 24.3 Å². The summed E-state index contributed by atoms with van der Waals surface area (Å²) < 4.78 is 28.0. The summed E-state index contributed by atoms with van der Waals surface area (Å²) >= 11 is 3.22. The third-order valence-electron chi connectivity index (χ3n) is 6.89. The number of fused-ring (bicyclic) bond motifs is 2. The van der Waals surface area contributed by atoms with Gasteiger partial charge in [-0.05, 0) is 37.5 Å². The number of alkyl halides is 2. The lowest BCUT2D eigenvalue weighted by molar-refractivity contribution is -0.126. The number of para-hydroxylation sites is 1. The fourth-order valence-electron chi connectivity index (χ4n) is 4.68. The molecule has 1 atom stereocenters. The third-order valence-corrected chi connectivity index (χ3v) is 9.08. The summed E-state index contributed by atoms with van der Waals surface area (Å²) in [5.41, 5.74) is 3.18. The quantitative estimate of drug-likeness (QED) is 0.401.